The van der Waals surface area contributed by atoms with E-state index in [1.165, 1.54) is 32.2 Å². The van der Waals surface area contributed by atoms with Gasteiger partial charge in [-0.2, -0.15) is 4.68 Å². The number of ether oxygens (including phenoxy) is 2. The summed E-state index contributed by atoms with van der Waals surface area (Å²) in [5.41, 5.74) is 0.489. The molecule has 0 atom stereocenters. The van der Waals surface area contributed by atoms with Crippen LogP contribution in [0.25, 0.3) is 5.82 Å². The highest BCUT2D eigenvalue weighted by atomic mass is 16.6. The van der Waals surface area contributed by atoms with E-state index in [2.05, 4.69) is 44.3 Å². The number of rotatable bonds is 6. The Labute approximate surface area is 214 Å². The number of aryl methyl sites for hydroxylation is 1. The second-order valence-electron chi connectivity index (χ2n) is 12.3. The molecular weight excluding hydrogens is 454 g/mol. The Morgan fingerprint density at radius 1 is 1.00 bits per heavy atom. The van der Waals surface area contributed by atoms with E-state index in [1.54, 1.807) is 0 Å². The van der Waals surface area contributed by atoms with Crippen molar-refractivity contribution in [2.24, 2.45) is 5.41 Å². The van der Waals surface area contributed by atoms with Crippen molar-refractivity contribution in [2.45, 2.75) is 89.2 Å². The van der Waals surface area contributed by atoms with Crippen molar-refractivity contribution in [2.75, 3.05) is 44.8 Å². The fraction of sp³-hybridized carbons (Fsp3) is 0.778. The quantitative estimate of drug-likeness (QED) is 0.649. The number of anilines is 1. The average molecular weight is 496 g/mol. The van der Waals surface area contributed by atoms with Crippen molar-refractivity contribution in [3.63, 3.8) is 0 Å². The number of nitrogens with one attached hydrogen (secondary N) is 1. The second kappa shape index (κ2) is 9.33. The van der Waals surface area contributed by atoms with Crippen LogP contribution in [0.5, 0.6) is 0 Å². The highest BCUT2D eigenvalue weighted by Gasteiger charge is 2.44. The first-order chi connectivity index (χ1) is 17.3. The Kier molecular flexibility index (Phi) is 6.29. The number of hydrogen-bond acceptors (Lipinski definition) is 8. The highest BCUT2D eigenvalue weighted by Crippen LogP contribution is 2.47. The molecule has 2 saturated heterocycles. The molecule has 2 saturated carbocycles. The molecule has 0 aromatic carbocycles. The Bertz CT molecular complexity index is 1040. The van der Waals surface area contributed by atoms with Crippen LogP contribution in [0, 0.1) is 12.3 Å². The highest BCUT2D eigenvalue weighted by molar-refractivity contribution is 5.38. The van der Waals surface area contributed by atoms with Gasteiger partial charge in [0, 0.05) is 31.1 Å². The molecule has 4 aliphatic rings. The number of piperidine rings is 1. The zero-order valence-electron chi connectivity index (χ0n) is 22.1. The van der Waals surface area contributed by atoms with Crippen molar-refractivity contribution in [3.8, 4) is 5.82 Å². The maximum Gasteiger partial charge on any atom is 0.178 e. The molecule has 196 valence electrons. The van der Waals surface area contributed by atoms with Crippen LogP contribution in [0.3, 0.4) is 0 Å². The zero-order valence-corrected chi connectivity index (χ0v) is 22.1. The predicted molar refractivity (Wildman–Crippen MR) is 137 cm³/mol. The van der Waals surface area contributed by atoms with Crippen LogP contribution in [-0.2, 0) is 14.9 Å². The smallest absolute Gasteiger partial charge is 0.178 e. The van der Waals surface area contributed by atoms with Crippen LogP contribution in [0.1, 0.15) is 76.9 Å². The van der Waals surface area contributed by atoms with Gasteiger partial charge in [-0.25, -0.2) is 4.98 Å². The van der Waals surface area contributed by atoms with Gasteiger partial charge < -0.3 is 19.7 Å². The van der Waals surface area contributed by atoms with Crippen molar-refractivity contribution >= 4 is 5.82 Å². The molecule has 9 heteroatoms. The van der Waals surface area contributed by atoms with Crippen molar-refractivity contribution in [1.82, 2.24) is 29.9 Å². The van der Waals surface area contributed by atoms with Crippen molar-refractivity contribution < 1.29 is 9.47 Å². The van der Waals surface area contributed by atoms with Gasteiger partial charge in [-0.15, -0.1) is 15.3 Å². The first-order valence-corrected chi connectivity index (χ1v) is 13.8. The topological polar surface area (TPSA) is 90.2 Å². The van der Waals surface area contributed by atoms with E-state index in [0.717, 1.165) is 81.9 Å². The third-order valence-corrected chi connectivity index (χ3v) is 9.04. The van der Waals surface area contributed by atoms with Crippen molar-refractivity contribution in [3.05, 3.63) is 23.8 Å². The minimum Gasteiger partial charge on any atom is -0.376 e. The van der Waals surface area contributed by atoms with E-state index in [-0.39, 0.29) is 11.0 Å². The SMILES string of the molecule is Cc1nc(C2(C)CC2)n(-c2ccc(NC3CCC(C)(CN4CCC5(CC4)COCCO5)CC3)nn2)n1. The molecule has 4 heterocycles. The van der Waals surface area contributed by atoms with Gasteiger partial charge in [0.15, 0.2) is 5.82 Å². The van der Waals surface area contributed by atoms with E-state index in [9.17, 15) is 0 Å². The lowest BCUT2D eigenvalue weighted by atomic mass is 9.73. The molecule has 2 aromatic rings. The van der Waals surface area contributed by atoms with E-state index in [4.69, 9.17) is 9.47 Å². The summed E-state index contributed by atoms with van der Waals surface area (Å²) < 4.78 is 13.7. The monoisotopic (exact) mass is 495 g/mol. The number of aromatic nitrogens is 5. The third-order valence-electron chi connectivity index (χ3n) is 9.04. The van der Waals surface area contributed by atoms with Crippen LogP contribution in [0.2, 0.25) is 0 Å². The summed E-state index contributed by atoms with van der Waals surface area (Å²) in [6, 6.07) is 4.49. The third kappa shape index (κ3) is 5.02. The lowest BCUT2D eigenvalue weighted by Gasteiger charge is -2.47. The molecule has 0 unspecified atom stereocenters. The minimum atomic E-state index is -0.0159. The van der Waals surface area contributed by atoms with Gasteiger partial charge >= 0.3 is 0 Å². The Morgan fingerprint density at radius 3 is 2.42 bits per heavy atom. The molecule has 6 rings (SSSR count). The largest absolute Gasteiger partial charge is 0.376 e. The van der Waals surface area contributed by atoms with E-state index >= 15 is 0 Å². The Morgan fingerprint density at radius 2 is 1.78 bits per heavy atom. The van der Waals surface area contributed by atoms with Crippen LogP contribution >= 0.6 is 0 Å². The summed E-state index contributed by atoms with van der Waals surface area (Å²) in [6.07, 6.45) is 9.29. The fourth-order valence-electron chi connectivity index (χ4n) is 6.28. The molecular formula is C27H41N7O2. The van der Waals surface area contributed by atoms with Gasteiger partial charge in [0.25, 0.3) is 0 Å². The predicted octanol–water partition coefficient (Wildman–Crippen LogP) is 3.66. The molecule has 0 amide bonds. The Balaban J connectivity index is 1.00. The van der Waals surface area contributed by atoms with Crippen LogP contribution in [0.15, 0.2) is 12.1 Å². The summed E-state index contributed by atoms with van der Waals surface area (Å²) in [7, 11) is 0. The molecule has 0 bridgehead atoms. The minimum absolute atomic E-state index is 0.0159. The Hall–Kier alpha value is -2.10. The van der Waals surface area contributed by atoms with E-state index in [1.807, 2.05) is 23.7 Å². The molecule has 1 spiro atoms. The number of nitrogens with zero attached hydrogens (tertiary/aromatic N) is 6. The van der Waals surface area contributed by atoms with Crippen LogP contribution in [0.4, 0.5) is 5.82 Å². The maximum atomic E-state index is 6.12. The molecule has 9 nitrogen and oxygen atoms in total. The standard InChI is InChI=1S/C27H41N7O2/c1-20-28-24(26(3)10-11-26)34(32-20)23-5-4-22(30-31-23)29-21-6-8-25(2,9-7-21)18-33-14-12-27(13-15-33)19-35-16-17-36-27/h4-5,21H,6-19H2,1-3H3,(H,29,30). The summed E-state index contributed by atoms with van der Waals surface area (Å²) >= 11 is 0. The van der Waals surface area contributed by atoms with Gasteiger partial charge in [-0.1, -0.05) is 13.8 Å². The van der Waals surface area contributed by atoms with Gasteiger partial charge in [0.05, 0.1) is 25.4 Å². The van der Waals surface area contributed by atoms with Gasteiger partial charge in [-0.05, 0) is 75.8 Å². The molecule has 1 N–H and O–H groups in total. The fourth-order valence-corrected chi connectivity index (χ4v) is 6.28. The summed E-state index contributed by atoms with van der Waals surface area (Å²) in [5.74, 6) is 3.38. The number of likely N-dealkylation sites (tertiary alicyclic amines) is 1. The molecule has 2 aliphatic carbocycles. The molecule has 2 aliphatic heterocycles. The molecule has 36 heavy (non-hydrogen) atoms. The lowest BCUT2D eigenvalue weighted by molar-refractivity contribution is -0.178. The summed E-state index contributed by atoms with van der Waals surface area (Å²) in [5, 5.41) is 17.2. The van der Waals surface area contributed by atoms with Gasteiger partial charge in [0.2, 0.25) is 0 Å². The maximum absolute atomic E-state index is 6.12. The lowest BCUT2D eigenvalue weighted by Crippen LogP contribution is -2.53. The molecule has 0 radical (unpaired) electrons. The van der Waals surface area contributed by atoms with Gasteiger partial charge in [-0.3, -0.25) is 0 Å². The van der Waals surface area contributed by atoms with Crippen LogP contribution in [-0.4, -0.2) is 81.0 Å². The normalized spacial score (nSPS) is 29.8. The van der Waals surface area contributed by atoms with Crippen LogP contribution < -0.4 is 5.32 Å². The first-order valence-electron chi connectivity index (χ1n) is 13.8. The average Bonchev–Trinajstić information content (AvgIpc) is 3.51. The van der Waals surface area contributed by atoms with E-state index < -0.39 is 0 Å². The van der Waals surface area contributed by atoms with Crippen molar-refractivity contribution in [1.29, 1.82) is 0 Å². The molecule has 2 aromatic heterocycles. The second-order valence-corrected chi connectivity index (χ2v) is 12.3. The summed E-state index contributed by atoms with van der Waals surface area (Å²) in [4.78, 5) is 7.32. The first kappa shape index (κ1) is 24.2. The summed E-state index contributed by atoms with van der Waals surface area (Å²) in [6.45, 7) is 12.3. The van der Waals surface area contributed by atoms with Gasteiger partial charge in [0.1, 0.15) is 17.5 Å². The number of hydrogen-bond donors (Lipinski definition) is 1. The molecule has 4 fully saturated rings. The van der Waals surface area contributed by atoms with E-state index in [0.29, 0.717) is 11.5 Å². The zero-order chi connectivity index (χ0) is 24.8.